The van der Waals surface area contributed by atoms with Crippen LogP contribution in [0.25, 0.3) is 0 Å². The molecule has 20 heavy (non-hydrogen) atoms. The van der Waals surface area contributed by atoms with E-state index in [0.717, 1.165) is 24.4 Å². The van der Waals surface area contributed by atoms with Crippen LogP contribution >= 0.6 is 0 Å². The fraction of sp³-hybridized carbons (Fsp3) is 0.733. The molecule has 114 valence electrons. The molecular formula is C15H27N3O2. The van der Waals surface area contributed by atoms with Crippen molar-refractivity contribution in [2.45, 2.75) is 59.2 Å². The summed E-state index contributed by atoms with van der Waals surface area (Å²) >= 11 is 0. The first-order chi connectivity index (χ1) is 9.25. The van der Waals surface area contributed by atoms with Crippen LogP contribution in [-0.2, 0) is 11.3 Å². The fourth-order valence-corrected chi connectivity index (χ4v) is 2.36. The van der Waals surface area contributed by atoms with Crippen molar-refractivity contribution in [3.05, 3.63) is 27.9 Å². The number of nitrogens with zero attached hydrogens (tertiary/aromatic N) is 2. The molecule has 0 unspecified atom stereocenters. The van der Waals surface area contributed by atoms with Gasteiger partial charge >= 0.3 is 5.69 Å². The Hall–Kier alpha value is -1.20. The molecule has 0 amide bonds. The average Bonchev–Trinajstić information content (AvgIpc) is 2.32. The Morgan fingerprint density at radius 3 is 2.65 bits per heavy atom. The van der Waals surface area contributed by atoms with Crippen molar-refractivity contribution in [2.75, 3.05) is 13.7 Å². The van der Waals surface area contributed by atoms with E-state index < -0.39 is 0 Å². The van der Waals surface area contributed by atoms with Crippen molar-refractivity contribution >= 4 is 0 Å². The predicted molar refractivity (Wildman–Crippen MR) is 81.1 cm³/mol. The minimum Gasteiger partial charge on any atom is -0.379 e. The summed E-state index contributed by atoms with van der Waals surface area (Å²) in [5.41, 5.74) is 1.42. The lowest BCUT2D eigenvalue weighted by atomic mass is 10.00. The van der Waals surface area contributed by atoms with Crippen LogP contribution in [0.3, 0.4) is 0 Å². The second-order valence-corrected chi connectivity index (χ2v) is 6.00. The van der Waals surface area contributed by atoms with E-state index in [1.807, 2.05) is 19.9 Å². The zero-order valence-corrected chi connectivity index (χ0v) is 13.5. The summed E-state index contributed by atoms with van der Waals surface area (Å²) in [4.78, 5) is 15.8. The number of ether oxygens (including phenoxy) is 1. The van der Waals surface area contributed by atoms with E-state index in [4.69, 9.17) is 4.74 Å². The van der Waals surface area contributed by atoms with E-state index in [-0.39, 0.29) is 11.3 Å². The Morgan fingerprint density at radius 1 is 1.45 bits per heavy atom. The highest BCUT2D eigenvalue weighted by Crippen LogP contribution is 2.15. The molecule has 1 aromatic heterocycles. The number of rotatable bonds is 7. The molecule has 0 spiro atoms. The van der Waals surface area contributed by atoms with Gasteiger partial charge in [-0.15, -0.1) is 0 Å². The first kappa shape index (κ1) is 16.9. The zero-order valence-electron chi connectivity index (χ0n) is 13.5. The minimum absolute atomic E-state index is 0.134. The smallest absolute Gasteiger partial charge is 0.347 e. The van der Waals surface area contributed by atoms with Gasteiger partial charge in [0.25, 0.3) is 0 Å². The van der Waals surface area contributed by atoms with E-state index in [1.165, 1.54) is 0 Å². The number of nitrogens with one attached hydrogen (secondary N) is 1. The monoisotopic (exact) mass is 281 g/mol. The molecule has 0 aliphatic rings. The van der Waals surface area contributed by atoms with Gasteiger partial charge in [0.2, 0.25) is 0 Å². The average molecular weight is 281 g/mol. The second kappa shape index (κ2) is 6.99. The van der Waals surface area contributed by atoms with Crippen molar-refractivity contribution in [1.82, 2.24) is 14.9 Å². The Balaban J connectivity index is 2.51. The van der Waals surface area contributed by atoms with Crippen LogP contribution in [0.1, 0.15) is 38.6 Å². The van der Waals surface area contributed by atoms with Crippen molar-refractivity contribution in [2.24, 2.45) is 0 Å². The molecule has 1 heterocycles. The molecule has 0 saturated heterocycles. The lowest BCUT2D eigenvalue weighted by Gasteiger charge is -2.27. The molecular weight excluding hydrogens is 254 g/mol. The van der Waals surface area contributed by atoms with Crippen molar-refractivity contribution in [3.63, 3.8) is 0 Å². The summed E-state index contributed by atoms with van der Waals surface area (Å²) in [6.07, 6.45) is 0.920. The van der Waals surface area contributed by atoms with Gasteiger partial charge < -0.3 is 10.1 Å². The maximum atomic E-state index is 11.8. The molecule has 1 N–H and O–H groups in total. The van der Waals surface area contributed by atoms with Gasteiger partial charge in [-0.2, -0.15) is 4.98 Å². The van der Waals surface area contributed by atoms with Crippen LogP contribution in [0.15, 0.2) is 10.9 Å². The summed E-state index contributed by atoms with van der Waals surface area (Å²) in [7, 11) is 1.73. The number of methoxy groups -OCH3 is 1. The maximum Gasteiger partial charge on any atom is 0.347 e. The largest absolute Gasteiger partial charge is 0.379 e. The molecule has 0 aliphatic carbocycles. The molecule has 1 atom stereocenters. The highest BCUT2D eigenvalue weighted by atomic mass is 16.5. The Labute approximate surface area is 121 Å². The van der Waals surface area contributed by atoms with E-state index in [9.17, 15) is 4.79 Å². The van der Waals surface area contributed by atoms with Crippen LogP contribution in [0.5, 0.6) is 0 Å². The van der Waals surface area contributed by atoms with E-state index in [2.05, 4.69) is 31.1 Å². The molecule has 0 fully saturated rings. The molecule has 0 saturated carbocycles. The quantitative estimate of drug-likeness (QED) is 0.826. The first-order valence-electron chi connectivity index (χ1n) is 7.09. The predicted octanol–water partition coefficient (Wildman–Crippen LogP) is 1.65. The van der Waals surface area contributed by atoms with Gasteiger partial charge in [-0.1, -0.05) is 0 Å². The van der Waals surface area contributed by atoms with Crippen molar-refractivity contribution in [1.29, 1.82) is 0 Å². The van der Waals surface area contributed by atoms with E-state index in [1.54, 1.807) is 11.7 Å². The summed E-state index contributed by atoms with van der Waals surface area (Å²) in [6, 6.07) is 2.26. The number of hydrogen-bond acceptors (Lipinski definition) is 4. The van der Waals surface area contributed by atoms with Gasteiger partial charge in [-0.3, -0.25) is 4.57 Å². The molecule has 0 aliphatic heterocycles. The normalized spacial score (nSPS) is 13.5. The highest BCUT2D eigenvalue weighted by Gasteiger charge is 2.19. The Morgan fingerprint density at radius 2 is 2.10 bits per heavy atom. The third kappa shape index (κ3) is 5.06. The second-order valence-electron chi connectivity index (χ2n) is 6.00. The number of aryl methyl sites for hydroxylation is 2. The molecule has 0 aromatic carbocycles. The van der Waals surface area contributed by atoms with Crippen LogP contribution in [-0.4, -0.2) is 34.8 Å². The topological polar surface area (TPSA) is 56.1 Å². The summed E-state index contributed by atoms with van der Waals surface area (Å²) in [5, 5.41) is 3.42. The van der Waals surface area contributed by atoms with Crippen molar-refractivity contribution in [3.8, 4) is 0 Å². The molecule has 0 bridgehead atoms. The first-order valence-corrected chi connectivity index (χ1v) is 7.09. The molecule has 5 nitrogen and oxygen atoms in total. The molecule has 1 rings (SSSR count). The Kier molecular flexibility index (Phi) is 5.89. The van der Waals surface area contributed by atoms with Crippen LogP contribution in [0, 0.1) is 13.8 Å². The fourth-order valence-electron chi connectivity index (χ4n) is 2.36. The lowest BCUT2D eigenvalue weighted by molar-refractivity contribution is 0.00855. The van der Waals surface area contributed by atoms with Gasteiger partial charge in [0.15, 0.2) is 0 Å². The minimum atomic E-state index is -0.172. The maximum absolute atomic E-state index is 11.8. The standard InChI is InChI=1S/C15H27N3O2/c1-11-9-13(3)18(14(19)17-11)8-7-16-12(2)10-15(4,5)20-6/h9,12,16H,7-8,10H2,1-6H3/t12-/m1/s1. The van der Waals surface area contributed by atoms with Crippen LogP contribution in [0.2, 0.25) is 0 Å². The van der Waals surface area contributed by atoms with Gasteiger partial charge in [0.1, 0.15) is 0 Å². The molecule has 1 aromatic rings. The highest BCUT2D eigenvalue weighted by molar-refractivity contribution is 5.06. The van der Waals surface area contributed by atoms with E-state index >= 15 is 0 Å². The van der Waals surface area contributed by atoms with Gasteiger partial charge in [-0.25, -0.2) is 4.79 Å². The molecule has 5 heteroatoms. The third-order valence-electron chi connectivity index (χ3n) is 3.52. The number of aromatic nitrogens is 2. The zero-order chi connectivity index (χ0) is 15.3. The van der Waals surface area contributed by atoms with E-state index in [0.29, 0.717) is 12.6 Å². The van der Waals surface area contributed by atoms with Gasteiger partial charge in [-0.05, 0) is 47.1 Å². The van der Waals surface area contributed by atoms with Crippen LogP contribution < -0.4 is 11.0 Å². The van der Waals surface area contributed by atoms with Crippen molar-refractivity contribution < 1.29 is 4.74 Å². The van der Waals surface area contributed by atoms with Gasteiger partial charge in [0.05, 0.1) is 5.60 Å². The summed E-state index contributed by atoms with van der Waals surface area (Å²) < 4.78 is 7.12. The number of hydrogen-bond donors (Lipinski definition) is 1. The Bertz CT molecular complexity index is 494. The molecule has 0 radical (unpaired) electrons. The third-order valence-corrected chi connectivity index (χ3v) is 3.52. The van der Waals surface area contributed by atoms with Crippen LogP contribution in [0.4, 0.5) is 0 Å². The summed E-state index contributed by atoms with van der Waals surface area (Å²) in [5.74, 6) is 0. The SMILES string of the molecule is COC(C)(C)C[C@@H](C)NCCn1c(C)cc(C)nc1=O. The van der Waals surface area contributed by atoms with Gasteiger partial charge in [0, 0.05) is 37.6 Å². The lowest BCUT2D eigenvalue weighted by Crippen LogP contribution is -2.38. The summed E-state index contributed by atoms with van der Waals surface area (Å²) in [6.45, 7) is 11.4.